The zero-order chi connectivity index (χ0) is 20.3. The van der Waals surface area contributed by atoms with Crippen molar-refractivity contribution in [2.24, 2.45) is 0 Å². The third-order valence-electron chi connectivity index (χ3n) is 4.66. The Morgan fingerprint density at radius 3 is 2.21 bits per heavy atom. The maximum atomic E-state index is 12.4. The highest BCUT2D eigenvalue weighted by Gasteiger charge is 2.20. The minimum atomic E-state index is -3.53. The number of amides is 2. The molecule has 7 nitrogen and oxygen atoms in total. The van der Waals surface area contributed by atoms with Gasteiger partial charge in [-0.05, 0) is 61.4 Å². The lowest BCUT2D eigenvalue weighted by atomic mass is 10.1. The molecule has 148 valence electrons. The number of sulfonamides is 1. The molecule has 2 aromatic carbocycles. The number of hydrogen-bond acceptors (Lipinski definition) is 4. The van der Waals surface area contributed by atoms with Gasteiger partial charge in [0.1, 0.15) is 0 Å². The fourth-order valence-corrected chi connectivity index (χ4v) is 3.90. The Balaban J connectivity index is 1.68. The van der Waals surface area contributed by atoms with E-state index in [4.69, 9.17) is 0 Å². The van der Waals surface area contributed by atoms with Crippen LogP contribution in [0.1, 0.15) is 29.6 Å². The highest BCUT2D eigenvalue weighted by Crippen LogP contribution is 2.23. The molecule has 0 radical (unpaired) electrons. The Bertz CT molecular complexity index is 968. The van der Waals surface area contributed by atoms with E-state index in [1.54, 1.807) is 17.0 Å². The molecule has 2 amide bonds. The lowest BCUT2D eigenvalue weighted by Gasteiger charge is -2.26. The first kappa shape index (κ1) is 20.0. The lowest BCUT2D eigenvalue weighted by Crippen LogP contribution is -2.35. The second-order valence-corrected chi connectivity index (χ2v) is 8.97. The van der Waals surface area contributed by atoms with Crippen LogP contribution in [-0.2, 0) is 14.8 Å². The Labute approximate surface area is 165 Å². The fourth-order valence-electron chi connectivity index (χ4n) is 3.00. The molecular weight excluding hydrogens is 378 g/mol. The summed E-state index contributed by atoms with van der Waals surface area (Å²) in [4.78, 5) is 26.3. The topological polar surface area (TPSA) is 86.8 Å². The SMILES string of the molecule is CN(C)S(=O)(=O)c1ccc(C(=O)Nc2ccc(N3CCCCC3=O)cc2)cc1. The second kappa shape index (κ2) is 8.12. The van der Waals surface area contributed by atoms with E-state index in [2.05, 4.69) is 5.32 Å². The van der Waals surface area contributed by atoms with Gasteiger partial charge >= 0.3 is 0 Å². The standard InChI is InChI=1S/C20H23N3O4S/c1-22(2)28(26,27)18-12-6-15(7-13-18)20(25)21-16-8-10-17(11-9-16)23-14-4-3-5-19(23)24/h6-13H,3-5,14H2,1-2H3,(H,21,25). The van der Waals surface area contributed by atoms with E-state index in [0.717, 1.165) is 22.8 Å². The number of hydrogen-bond donors (Lipinski definition) is 1. The third kappa shape index (κ3) is 4.23. The van der Waals surface area contributed by atoms with Crippen molar-refractivity contribution in [1.82, 2.24) is 4.31 Å². The van der Waals surface area contributed by atoms with Crippen LogP contribution in [0.25, 0.3) is 0 Å². The molecule has 8 heteroatoms. The summed E-state index contributed by atoms with van der Waals surface area (Å²) < 4.78 is 25.3. The van der Waals surface area contributed by atoms with Crippen molar-refractivity contribution in [2.45, 2.75) is 24.2 Å². The van der Waals surface area contributed by atoms with Crippen molar-refractivity contribution in [3.05, 3.63) is 54.1 Å². The molecule has 0 bridgehead atoms. The monoisotopic (exact) mass is 401 g/mol. The highest BCUT2D eigenvalue weighted by molar-refractivity contribution is 7.89. The molecule has 1 aliphatic rings. The maximum absolute atomic E-state index is 12.4. The number of benzene rings is 2. The molecular formula is C20H23N3O4S. The van der Waals surface area contributed by atoms with Crippen molar-refractivity contribution < 1.29 is 18.0 Å². The van der Waals surface area contributed by atoms with Crippen molar-refractivity contribution in [2.75, 3.05) is 30.9 Å². The van der Waals surface area contributed by atoms with Gasteiger partial charge in [0.25, 0.3) is 5.91 Å². The Hall–Kier alpha value is -2.71. The number of carbonyl (C=O) groups excluding carboxylic acids is 2. The van der Waals surface area contributed by atoms with Crippen LogP contribution in [0.15, 0.2) is 53.4 Å². The summed E-state index contributed by atoms with van der Waals surface area (Å²) in [5, 5.41) is 2.78. The summed E-state index contributed by atoms with van der Waals surface area (Å²) >= 11 is 0. The van der Waals surface area contributed by atoms with E-state index in [1.165, 1.54) is 38.4 Å². The van der Waals surface area contributed by atoms with E-state index in [-0.39, 0.29) is 16.7 Å². The summed E-state index contributed by atoms with van der Waals surface area (Å²) in [6.07, 6.45) is 2.49. The van der Waals surface area contributed by atoms with E-state index in [9.17, 15) is 18.0 Å². The molecule has 1 aliphatic heterocycles. The maximum Gasteiger partial charge on any atom is 0.255 e. The highest BCUT2D eigenvalue weighted by atomic mass is 32.2. The average molecular weight is 401 g/mol. The third-order valence-corrected chi connectivity index (χ3v) is 6.48. The smallest absolute Gasteiger partial charge is 0.255 e. The number of rotatable bonds is 5. The normalized spacial score (nSPS) is 15.0. The van der Waals surface area contributed by atoms with E-state index in [0.29, 0.717) is 24.2 Å². The van der Waals surface area contributed by atoms with Crippen LogP contribution in [0.5, 0.6) is 0 Å². The molecule has 0 unspecified atom stereocenters. The molecule has 0 aliphatic carbocycles. The number of nitrogens with zero attached hydrogens (tertiary/aromatic N) is 2. The van der Waals surface area contributed by atoms with E-state index < -0.39 is 10.0 Å². The minimum absolute atomic E-state index is 0.121. The summed E-state index contributed by atoms with van der Waals surface area (Å²) in [7, 11) is -0.618. The molecule has 1 N–H and O–H groups in total. The van der Waals surface area contributed by atoms with Gasteiger partial charge in [-0.3, -0.25) is 9.59 Å². The van der Waals surface area contributed by atoms with Crippen LogP contribution in [0.3, 0.4) is 0 Å². The molecule has 1 fully saturated rings. The number of anilines is 2. The Morgan fingerprint density at radius 1 is 1.00 bits per heavy atom. The molecule has 3 rings (SSSR count). The van der Waals surface area contributed by atoms with Gasteiger partial charge in [-0.15, -0.1) is 0 Å². The first-order valence-corrected chi connectivity index (χ1v) is 10.5. The van der Waals surface area contributed by atoms with Crippen LogP contribution in [0.4, 0.5) is 11.4 Å². The van der Waals surface area contributed by atoms with Crippen LogP contribution in [0, 0.1) is 0 Å². The first-order valence-electron chi connectivity index (χ1n) is 9.03. The van der Waals surface area contributed by atoms with Gasteiger partial charge in [0.05, 0.1) is 4.90 Å². The lowest BCUT2D eigenvalue weighted by molar-refractivity contribution is -0.119. The van der Waals surface area contributed by atoms with Crippen LogP contribution in [0.2, 0.25) is 0 Å². The van der Waals surface area contributed by atoms with Gasteiger partial charge in [-0.2, -0.15) is 0 Å². The second-order valence-electron chi connectivity index (χ2n) is 6.82. The van der Waals surface area contributed by atoms with Gasteiger partial charge in [-0.25, -0.2) is 12.7 Å². The van der Waals surface area contributed by atoms with Crippen molar-refractivity contribution in [3.63, 3.8) is 0 Å². The Kier molecular flexibility index (Phi) is 5.81. The predicted octanol–water partition coefficient (Wildman–Crippen LogP) is 2.71. The molecule has 0 aromatic heterocycles. The number of nitrogens with one attached hydrogen (secondary N) is 1. The quantitative estimate of drug-likeness (QED) is 0.835. The molecule has 1 heterocycles. The van der Waals surface area contributed by atoms with Gasteiger partial charge in [0.15, 0.2) is 0 Å². The van der Waals surface area contributed by atoms with Crippen LogP contribution >= 0.6 is 0 Å². The van der Waals surface area contributed by atoms with Gasteiger partial charge < -0.3 is 10.2 Å². The summed E-state index contributed by atoms with van der Waals surface area (Å²) in [6, 6.07) is 12.9. The van der Waals surface area contributed by atoms with Crippen LogP contribution in [-0.4, -0.2) is 45.2 Å². The summed E-state index contributed by atoms with van der Waals surface area (Å²) in [5.74, 6) is -0.216. The van der Waals surface area contributed by atoms with Gasteiger partial charge in [0, 0.05) is 44.0 Å². The fraction of sp³-hybridized carbons (Fsp3) is 0.300. The van der Waals surface area contributed by atoms with Crippen LogP contribution < -0.4 is 10.2 Å². The number of piperidine rings is 1. The molecule has 0 spiro atoms. The zero-order valence-corrected chi connectivity index (χ0v) is 16.7. The summed E-state index contributed by atoms with van der Waals surface area (Å²) in [6.45, 7) is 0.715. The number of carbonyl (C=O) groups is 2. The molecule has 0 saturated carbocycles. The molecule has 28 heavy (non-hydrogen) atoms. The van der Waals surface area contributed by atoms with Crippen molar-refractivity contribution >= 4 is 33.2 Å². The molecule has 1 saturated heterocycles. The largest absolute Gasteiger partial charge is 0.322 e. The average Bonchev–Trinajstić information content (AvgIpc) is 2.69. The van der Waals surface area contributed by atoms with E-state index >= 15 is 0 Å². The van der Waals surface area contributed by atoms with E-state index in [1.807, 2.05) is 12.1 Å². The predicted molar refractivity (Wildman–Crippen MR) is 108 cm³/mol. The Morgan fingerprint density at radius 2 is 1.64 bits per heavy atom. The molecule has 2 aromatic rings. The minimum Gasteiger partial charge on any atom is -0.322 e. The van der Waals surface area contributed by atoms with Crippen molar-refractivity contribution in [3.8, 4) is 0 Å². The van der Waals surface area contributed by atoms with Crippen molar-refractivity contribution in [1.29, 1.82) is 0 Å². The first-order chi connectivity index (χ1) is 13.3. The summed E-state index contributed by atoms with van der Waals surface area (Å²) in [5.41, 5.74) is 1.78. The van der Waals surface area contributed by atoms with Gasteiger partial charge in [-0.1, -0.05) is 0 Å². The molecule has 0 atom stereocenters. The van der Waals surface area contributed by atoms with Gasteiger partial charge in [0.2, 0.25) is 15.9 Å². The zero-order valence-electron chi connectivity index (χ0n) is 15.9.